The fourth-order valence-electron chi connectivity index (χ4n) is 1.81. The molecule has 0 spiro atoms. The van der Waals surface area contributed by atoms with Crippen LogP contribution in [-0.2, 0) is 9.59 Å². The molecule has 2 unspecified atom stereocenters. The molecule has 8 heteroatoms. The lowest BCUT2D eigenvalue weighted by Crippen LogP contribution is -2.52. The second-order valence-corrected chi connectivity index (χ2v) is 6.15. The largest absolute Gasteiger partial charge is 0.480 e. The van der Waals surface area contributed by atoms with Gasteiger partial charge < -0.3 is 15.7 Å². The van der Waals surface area contributed by atoms with Gasteiger partial charge in [0.25, 0.3) is 5.91 Å². The molecule has 23 heavy (non-hydrogen) atoms. The van der Waals surface area contributed by atoms with Gasteiger partial charge in [0.15, 0.2) is 0 Å². The van der Waals surface area contributed by atoms with Crippen molar-refractivity contribution in [3.05, 3.63) is 33.8 Å². The highest BCUT2D eigenvalue weighted by atomic mass is 35.5. The third-order valence-electron chi connectivity index (χ3n) is 3.17. The van der Waals surface area contributed by atoms with E-state index in [9.17, 15) is 14.4 Å². The Balaban J connectivity index is 2.76. The maximum absolute atomic E-state index is 12.1. The summed E-state index contributed by atoms with van der Waals surface area (Å²) in [6, 6.07) is 2.61. The lowest BCUT2D eigenvalue weighted by molar-refractivity contribution is -0.143. The number of benzene rings is 1. The molecule has 1 rings (SSSR count). The Bertz CT molecular complexity index is 619. The van der Waals surface area contributed by atoms with Crippen LogP contribution in [0.1, 0.15) is 31.1 Å². The van der Waals surface area contributed by atoms with Gasteiger partial charge in [-0.1, -0.05) is 43.1 Å². The fourth-order valence-corrected chi connectivity index (χ4v) is 2.20. The monoisotopic (exact) mass is 360 g/mol. The number of carbonyl (C=O) groups is 3. The number of amides is 2. The van der Waals surface area contributed by atoms with Crippen molar-refractivity contribution in [2.45, 2.75) is 32.9 Å². The van der Waals surface area contributed by atoms with Crippen LogP contribution in [0.15, 0.2) is 18.2 Å². The molecule has 126 valence electrons. The molecule has 0 saturated carbocycles. The number of rotatable bonds is 6. The molecule has 2 amide bonds. The van der Waals surface area contributed by atoms with Gasteiger partial charge >= 0.3 is 5.97 Å². The average molecular weight is 361 g/mol. The second kappa shape index (κ2) is 8.17. The van der Waals surface area contributed by atoms with Crippen LogP contribution in [-0.4, -0.2) is 35.0 Å². The number of halogens is 2. The molecule has 0 saturated heterocycles. The Labute approximate surface area is 144 Å². The topological polar surface area (TPSA) is 95.5 Å². The van der Waals surface area contributed by atoms with E-state index in [2.05, 4.69) is 10.6 Å². The van der Waals surface area contributed by atoms with Crippen molar-refractivity contribution in [2.75, 3.05) is 0 Å². The van der Waals surface area contributed by atoms with E-state index in [1.807, 2.05) is 0 Å². The highest BCUT2D eigenvalue weighted by molar-refractivity contribution is 6.43. The van der Waals surface area contributed by atoms with Crippen LogP contribution in [0.3, 0.4) is 0 Å². The molecule has 0 bridgehead atoms. The summed E-state index contributed by atoms with van der Waals surface area (Å²) in [5, 5.41) is 14.2. The van der Waals surface area contributed by atoms with E-state index in [1.165, 1.54) is 19.1 Å². The van der Waals surface area contributed by atoms with Crippen molar-refractivity contribution < 1.29 is 19.5 Å². The van der Waals surface area contributed by atoms with E-state index in [1.54, 1.807) is 19.9 Å². The third kappa shape index (κ3) is 5.11. The predicted octanol–water partition coefficient (Wildman–Crippen LogP) is 2.34. The molecule has 2 atom stereocenters. The summed E-state index contributed by atoms with van der Waals surface area (Å²) >= 11 is 11.8. The van der Waals surface area contributed by atoms with Crippen molar-refractivity contribution in [3.8, 4) is 0 Å². The van der Waals surface area contributed by atoms with Crippen LogP contribution < -0.4 is 10.6 Å². The van der Waals surface area contributed by atoms with Crippen LogP contribution in [0.4, 0.5) is 0 Å². The molecule has 0 aliphatic rings. The van der Waals surface area contributed by atoms with Crippen LogP contribution in [0, 0.1) is 5.92 Å². The first-order valence-electron chi connectivity index (χ1n) is 6.93. The minimum absolute atomic E-state index is 0.0878. The first-order valence-corrected chi connectivity index (χ1v) is 7.68. The molecule has 1 aromatic carbocycles. The molecule has 1 aromatic rings. The summed E-state index contributed by atoms with van der Waals surface area (Å²) in [6.07, 6.45) is 0. The molecule has 0 aliphatic carbocycles. The van der Waals surface area contributed by atoms with E-state index >= 15 is 0 Å². The molecule has 0 radical (unpaired) electrons. The Kier molecular flexibility index (Phi) is 6.84. The van der Waals surface area contributed by atoms with E-state index in [4.69, 9.17) is 28.3 Å². The SMILES string of the molecule is CC(NC(=O)c1cccc(Cl)c1Cl)C(=O)NC(C(=O)O)C(C)C. The third-order valence-corrected chi connectivity index (χ3v) is 3.99. The zero-order valence-corrected chi connectivity index (χ0v) is 14.4. The smallest absolute Gasteiger partial charge is 0.326 e. The van der Waals surface area contributed by atoms with Gasteiger partial charge in [-0.15, -0.1) is 0 Å². The fraction of sp³-hybridized carbons (Fsp3) is 0.400. The number of carbonyl (C=O) groups excluding carboxylic acids is 2. The van der Waals surface area contributed by atoms with Crippen molar-refractivity contribution in [2.24, 2.45) is 5.92 Å². The van der Waals surface area contributed by atoms with Gasteiger partial charge in [0.05, 0.1) is 15.6 Å². The van der Waals surface area contributed by atoms with Gasteiger partial charge in [-0.3, -0.25) is 9.59 Å². The Hall–Kier alpha value is -1.79. The molecule has 0 aliphatic heterocycles. The highest BCUT2D eigenvalue weighted by Gasteiger charge is 2.26. The summed E-state index contributed by atoms with van der Waals surface area (Å²) < 4.78 is 0. The number of hydrogen-bond acceptors (Lipinski definition) is 3. The summed E-state index contributed by atoms with van der Waals surface area (Å²) in [4.78, 5) is 35.3. The predicted molar refractivity (Wildman–Crippen MR) is 87.8 cm³/mol. The first kappa shape index (κ1) is 19.3. The van der Waals surface area contributed by atoms with Gasteiger partial charge in [-0.2, -0.15) is 0 Å². The maximum atomic E-state index is 12.1. The van der Waals surface area contributed by atoms with Gasteiger partial charge in [-0.05, 0) is 25.0 Å². The van der Waals surface area contributed by atoms with Crippen molar-refractivity contribution in [3.63, 3.8) is 0 Å². The summed E-state index contributed by atoms with van der Waals surface area (Å²) in [5.41, 5.74) is 0.137. The van der Waals surface area contributed by atoms with Gasteiger partial charge in [0, 0.05) is 0 Å². The normalized spacial score (nSPS) is 13.3. The molecule has 0 heterocycles. The molecule has 6 nitrogen and oxygen atoms in total. The zero-order chi connectivity index (χ0) is 17.7. The molecule has 0 fully saturated rings. The van der Waals surface area contributed by atoms with E-state index in [0.717, 1.165) is 0 Å². The number of aliphatic carboxylic acids is 1. The summed E-state index contributed by atoms with van der Waals surface area (Å²) in [5.74, 6) is -2.60. The van der Waals surface area contributed by atoms with Crippen LogP contribution in [0.2, 0.25) is 10.0 Å². The maximum Gasteiger partial charge on any atom is 0.326 e. The minimum Gasteiger partial charge on any atom is -0.480 e. The van der Waals surface area contributed by atoms with Gasteiger partial charge in [-0.25, -0.2) is 4.79 Å². The number of nitrogens with one attached hydrogen (secondary N) is 2. The van der Waals surface area contributed by atoms with E-state index in [-0.39, 0.29) is 21.5 Å². The number of hydrogen-bond donors (Lipinski definition) is 3. The molecule has 3 N–H and O–H groups in total. The standard InChI is InChI=1S/C15H18Cl2N2O4/c1-7(2)12(15(22)23)19-13(20)8(3)18-14(21)9-5-4-6-10(16)11(9)17/h4-8,12H,1-3H3,(H,18,21)(H,19,20)(H,22,23). The average Bonchev–Trinajstić information content (AvgIpc) is 2.46. The van der Waals surface area contributed by atoms with E-state index in [0.29, 0.717) is 0 Å². The molecular weight excluding hydrogens is 343 g/mol. The molecular formula is C15H18Cl2N2O4. The number of carboxylic acid groups (broad SMARTS) is 1. The first-order chi connectivity index (χ1) is 10.6. The van der Waals surface area contributed by atoms with Crippen molar-refractivity contribution in [1.82, 2.24) is 10.6 Å². The van der Waals surface area contributed by atoms with Gasteiger partial charge in [0.1, 0.15) is 12.1 Å². The van der Waals surface area contributed by atoms with Crippen LogP contribution in [0.25, 0.3) is 0 Å². The van der Waals surface area contributed by atoms with Crippen molar-refractivity contribution in [1.29, 1.82) is 0 Å². The number of carboxylic acids is 1. The lowest BCUT2D eigenvalue weighted by atomic mass is 10.0. The van der Waals surface area contributed by atoms with E-state index < -0.39 is 29.9 Å². The second-order valence-electron chi connectivity index (χ2n) is 5.37. The Morgan fingerprint density at radius 3 is 2.22 bits per heavy atom. The Morgan fingerprint density at radius 2 is 1.70 bits per heavy atom. The quantitative estimate of drug-likeness (QED) is 0.725. The van der Waals surface area contributed by atoms with Crippen LogP contribution >= 0.6 is 23.2 Å². The molecule has 0 aromatic heterocycles. The minimum atomic E-state index is -1.13. The highest BCUT2D eigenvalue weighted by Crippen LogP contribution is 2.25. The van der Waals surface area contributed by atoms with Crippen molar-refractivity contribution >= 4 is 41.0 Å². The summed E-state index contributed by atoms with van der Waals surface area (Å²) in [6.45, 7) is 4.80. The zero-order valence-electron chi connectivity index (χ0n) is 12.9. The lowest BCUT2D eigenvalue weighted by Gasteiger charge is -2.21. The van der Waals surface area contributed by atoms with Gasteiger partial charge in [0.2, 0.25) is 5.91 Å². The van der Waals surface area contributed by atoms with Crippen LogP contribution in [0.5, 0.6) is 0 Å². The summed E-state index contributed by atoms with van der Waals surface area (Å²) in [7, 11) is 0. The Morgan fingerprint density at radius 1 is 1.09 bits per heavy atom.